The number of anilines is 3. The standard InChI is InChI=1S/C25H17F15N4/c26-8-11(29)17(35)23(18(36)12(8)30)41-2-1-5-44(6-3-42-24-19(37)13(31)9(27)14(32)20(24)38)7-4-43-25-21(39)15(33)10(28)16(34)22(25)40/h41-43H,1-7H2. The summed E-state index contributed by atoms with van der Waals surface area (Å²) in [6, 6.07) is 0. The van der Waals surface area contributed by atoms with Crippen LogP contribution >= 0.6 is 0 Å². The highest BCUT2D eigenvalue weighted by Gasteiger charge is 2.28. The molecule has 3 rings (SSSR count). The van der Waals surface area contributed by atoms with E-state index in [1.54, 1.807) is 0 Å². The van der Waals surface area contributed by atoms with E-state index in [0.717, 1.165) is 0 Å². The molecule has 0 amide bonds. The molecule has 242 valence electrons. The van der Waals surface area contributed by atoms with Gasteiger partial charge < -0.3 is 16.0 Å². The Hall–Kier alpha value is -4.03. The van der Waals surface area contributed by atoms with Crippen molar-refractivity contribution in [3.05, 3.63) is 87.3 Å². The van der Waals surface area contributed by atoms with Crippen LogP contribution in [0.4, 0.5) is 82.9 Å². The molecule has 0 spiro atoms. The molecular formula is C25H17F15N4. The third-order valence-corrected chi connectivity index (χ3v) is 6.04. The zero-order valence-electron chi connectivity index (χ0n) is 21.6. The normalized spacial score (nSPS) is 11.5. The van der Waals surface area contributed by atoms with Gasteiger partial charge in [-0.05, 0) is 13.0 Å². The topological polar surface area (TPSA) is 39.3 Å². The fourth-order valence-electron chi connectivity index (χ4n) is 3.81. The zero-order valence-corrected chi connectivity index (χ0v) is 21.6. The van der Waals surface area contributed by atoms with E-state index in [0.29, 0.717) is 0 Å². The molecule has 3 aromatic carbocycles. The molecule has 4 nitrogen and oxygen atoms in total. The summed E-state index contributed by atoms with van der Waals surface area (Å²) in [5, 5.41) is 5.91. The van der Waals surface area contributed by atoms with Gasteiger partial charge in [0.1, 0.15) is 17.1 Å². The third-order valence-electron chi connectivity index (χ3n) is 6.04. The van der Waals surface area contributed by atoms with Crippen LogP contribution in [-0.2, 0) is 0 Å². The van der Waals surface area contributed by atoms with E-state index >= 15 is 0 Å². The average molecular weight is 658 g/mol. The fourth-order valence-corrected chi connectivity index (χ4v) is 3.81. The summed E-state index contributed by atoms with van der Waals surface area (Å²) in [5.74, 6) is -33.9. The molecule has 0 saturated carbocycles. The van der Waals surface area contributed by atoms with Gasteiger partial charge >= 0.3 is 0 Å². The van der Waals surface area contributed by atoms with Gasteiger partial charge in [0.15, 0.2) is 69.8 Å². The Balaban J connectivity index is 1.71. The lowest BCUT2D eigenvalue weighted by atomic mass is 10.2. The lowest BCUT2D eigenvalue weighted by Crippen LogP contribution is -2.35. The van der Waals surface area contributed by atoms with Crippen molar-refractivity contribution in [2.24, 2.45) is 0 Å². The van der Waals surface area contributed by atoms with Crippen LogP contribution < -0.4 is 16.0 Å². The van der Waals surface area contributed by atoms with Gasteiger partial charge in [-0.2, -0.15) is 0 Å². The number of hydrogen-bond acceptors (Lipinski definition) is 4. The molecule has 0 aliphatic carbocycles. The molecule has 0 aromatic heterocycles. The predicted octanol–water partition coefficient (Wildman–Crippen LogP) is 7.10. The fraction of sp³-hybridized carbons (Fsp3) is 0.280. The predicted molar refractivity (Wildman–Crippen MR) is 125 cm³/mol. The average Bonchev–Trinajstić information content (AvgIpc) is 3.01. The number of benzene rings is 3. The van der Waals surface area contributed by atoms with Crippen LogP contribution in [0.3, 0.4) is 0 Å². The van der Waals surface area contributed by atoms with Gasteiger partial charge in [-0.25, -0.2) is 65.9 Å². The summed E-state index contributed by atoms with van der Waals surface area (Å²) in [5.41, 5.74) is -4.18. The molecule has 0 heterocycles. The van der Waals surface area contributed by atoms with E-state index < -0.39 is 124 Å². The number of rotatable bonds is 13. The van der Waals surface area contributed by atoms with E-state index in [2.05, 4.69) is 0 Å². The number of nitrogens with one attached hydrogen (secondary N) is 3. The maximum Gasteiger partial charge on any atom is 0.200 e. The van der Waals surface area contributed by atoms with E-state index in [1.807, 2.05) is 16.0 Å². The third kappa shape index (κ3) is 6.86. The Bertz CT molecular complexity index is 1390. The second-order valence-corrected chi connectivity index (χ2v) is 8.81. The van der Waals surface area contributed by atoms with Gasteiger partial charge in [-0.15, -0.1) is 0 Å². The van der Waals surface area contributed by atoms with E-state index in [1.165, 1.54) is 4.90 Å². The summed E-state index contributed by atoms with van der Waals surface area (Å²) in [6.45, 7) is -2.62. The molecule has 0 aliphatic rings. The van der Waals surface area contributed by atoms with Gasteiger partial charge in [0, 0.05) is 32.7 Å². The molecule has 0 bridgehead atoms. The molecule has 3 N–H and O–H groups in total. The first-order chi connectivity index (χ1) is 20.6. The maximum atomic E-state index is 13.9. The van der Waals surface area contributed by atoms with E-state index in [-0.39, 0.29) is 26.1 Å². The second-order valence-electron chi connectivity index (χ2n) is 8.81. The molecule has 44 heavy (non-hydrogen) atoms. The molecule has 0 fully saturated rings. The lowest BCUT2D eigenvalue weighted by molar-refractivity contribution is 0.292. The smallest absolute Gasteiger partial charge is 0.200 e. The molecule has 3 aromatic rings. The summed E-state index contributed by atoms with van der Waals surface area (Å²) < 4.78 is 204. The summed E-state index contributed by atoms with van der Waals surface area (Å²) >= 11 is 0. The van der Waals surface area contributed by atoms with Crippen LogP contribution in [0.25, 0.3) is 0 Å². The molecule has 0 radical (unpaired) electrons. The van der Waals surface area contributed by atoms with Crippen molar-refractivity contribution < 1.29 is 65.9 Å². The maximum absolute atomic E-state index is 13.9. The monoisotopic (exact) mass is 658 g/mol. The van der Waals surface area contributed by atoms with Gasteiger partial charge in [0.25, 0.3) is 0 Å². The number of nitrogens with zero attached hydrogens (tertiary/aromatic N) is 1. The first-order valence-corrected chi connectivity index (χ1v) is 12.1. The van der Waals surface area contributed by atoms with Crippen molar-refractivity contribution in [3.63, 3.8) is 0 Å². The van der Waals surface area contributed by atoms with Crippen LogP contribution in [0.5, 0.6) is 0 Å². The van der Waals surface area contributed by atoms with Crippen molar-refractivity contribution in [1.29, 1.82) is 0 Å². The van der Waals surface area contributed by atoms with Gasteiger partial charge in [0.2, 0.25) is 17.5 Å². The lowest BCUT2D eigenvalue weighted by Gasteiger charge is -2.24. The van der Waals surface area contributed by atoms with E-state index in [9.17, 15) is 65.9 Å². The summed E-state index contributed by atoms with van der Waals surface area (Å²) in [7, 11) is 0. The minimum Gasteiger partial charge on any atom is -0.380 e. The molecule has 19 heteroatoms. The molecule has 0 aliphatic heterocycles. The highest BCUT2D eigenvalue weighted by Crippen LogP contribution is 2.29. The largest absolute Gasteiger partial charge is 0.380 e. The minimum absolute atomic E-state index is 0.204. The van der Waals surface area contributed by atoms with Crippen LogP contribution in [0.1, 0.15) is 6.42 Å². The number of hydrogen-bond donors (Lipinski definition) is 3. The summed E-state index contributed by atoms with van der Waals surface area (Å²) in [4.78, 5) is 1.22. The van der Waals surface area contributed by atoms with Crippen LogP contribution in [0, 0.1) is 87.3 Å². The Morgan fingerprint density at radius 2 is 0.523 bits per heavy atom. The van der Waals surface area contributed by atoms with Crippen molar-refractivity contribution in [1.82, 2.24) is 4.90 Å². The first kappa shape index (κ1) is 34.5. The van der Waals surface area contributed by atoms with Crippen LogP contribution in [0.2, 0.25) is 0 Å². The Morgan fingerprint density at radius 3 is 0.795 bits per heavy atom. The Kier molecular flexibility index (Phi) is 11.1. The van der Waals surface area contributed by atoms with Gasteiger partial charge in [-0.1, -0.05) is 0 Å². The molecule has 0 unspecified atom stereocenters. The van der Waals surface area contributed by atoms with Crippen molar-refractivity contribution >= 4 is 17.1 Å². The van der Waals surface area contributed by atoms with Gasteiger partial charge in [-0.3, -0.25) is 4.90 Å². The van der Waals surface area contributed by atoms with Crippen molar-refractivity contribution in [2.75, 3.05) is 55.2 Å². The van der Waals surface area contributed by atoms with E-state index in [4.69, 9.17) is 0 Å². The molecule has 0 atom stereocenters. The highest BCUT2D eigenvalue weighted by molar-refractivity contribution is 5.49. The Labute approximate surface area is 237 Å². The number of halogens is 15. The summed E-state index contributed by atoms with van der Waals surface area (Å²) in [6.07, 6.45) is -0.204. The Morgan fingerprint density at radius 1 is 0.295 bits per heavy atom. The minimum atomic E-state index is -2.42. The van der Waals surface area contributed by atoms with Crippen molar-refractivity contribution in [2.45, 2.75) is 6.42 Å². The molecular weight excluding hydrogens is 641 g/mol. The quantitative estimate of drug-likeness (QED) is 0.0794. The second kappa shape index (κ2) is 14.2. The zero-order chi connectivity index (χ0) is 33.0. The van der Waals surface area contributed by atoms with Crippen LogP contribution in [0.15, 0.2) is 0 Å². The van der Waals surface area contributed by atoms with Gasteiger partial charge in [0.05, 0.1) is 0 Å². The molecule has 0 saturated heterocycles. The highest BCUT2D eigenvalue weighted by atomic mass is 19.2. The first-order valence-electron chi connectivity index (χ1n) is 12.1. The van der Waals surface area contributed by atoms with Crippen LogP contribution in [-0.4, -0.2) is 44.2 Å². The van der Waals surface area contributed by atoms with Crippen molar-refractivity contribution in [3.8, 4) is 0 Å². The SMILES string of the molecule is Fc1c(F)c(F)c(NCCCN(CCNc2c(F)c(F)c(F)c(F)c2F)CCNc2c(F)c(F)c(F)c(F)c2F)c(F)c1F.